The fraction of sp³-hybridized carbons (Fsp3) is 0.750. The Morgan fingerprint density at radius 3 is 2.35 bits per heavy atom. The van der Waals surface area contributed by atoms with Gasteiger partial charge >= 0.3 is 5.97 Å². The average Bonchev–Trinajstić information content (AvgIpc) is 2.92. The fourth-order valence-corrected chi connectivity index (χ4v) is 4.02. The Balaban J connectivity index is 1.65. The van der Waals surface area contributed by atoms with Crippen LogP contribution in [-0.2, 0) is 9.59 Å². The molecule has 0 aromatic rings. The predicted octanol–water partition coefficient (Wildman–Crippen LogP) is 2.06. The molecule has 4 heteroatoms. The molecule has 20 heavy (non-hydrogen) atoms. The van der Waals surface area contributed by atoms with Crippen LogP contribution in [0.2, 0.25) is 0 Å². The van der Waals surface area contributed by atoms with E-state index in [1.807, 2.05) is 12.2 Å². The highest BCUT2D eigenvalue weighted by Crippen LogP contribution is 2.52. The van der Waals surface area contributed by atoms with Crippen molar-refractivity contribution in [3.05, 3.63) is 12.2 Å². The summed E-state index contributed by atoms with van der Waals surface area (Å²) in [5.74, 6) is -1.04. The van der Waals surface area contributed by atoms with E-state index in [1.165, 1.54) is 12.8 Å². The third kappa shape index (κ3) is 2.05. The van der Waals surface area contributed by atoms with Gasteiger partial charge in [0, 0.05) is 6.54 Å². The number of carbonyl (C=O) groups is 2. The molecule has 0 aromatic heterocycles. The largest absolute Gasteiger partial charge is 0.481 e. The number of aliphatic carboxylic acids is 1. The van der Waals surface area contributed by atoms with Crippen LogP contribution in [0.3, 0.4) is 0 Å². The van der Waals surface area contributed by atoms with Crippen molar-refractivity contribution in [3.8, 4) is 0 Å². The number of carbonyl (C=O) groups excluding carboxylic acids is 1. The van der Waals surface area contributed by atoms with Gasteiger partial charge in [-0.25, -0.2) is 0 Å². The molecule has 2 fully saturated rings. The third-order valence-electron chi connectivity index (χ3n) is 5.78. The number of amides is 1. The van der Waals surface area contributed by atoms with Crippen LogP contribution in [0.4, 0.5) is 0 Å². The van der Waals surface area contributed by atoms with Gasteiger partial charge in [-0.3, -0.25) is 9.59 Å². The summed E-state index contributed by atoms with van der Waals surface area (Å²) < 4.78 is 0. The lowest BCUT2D eigenvalue weighted by atomic mass is 9.82. The molecule has 3 aliphatic carbocycles. The van der Waals surface area contributed by atoms with Crippen LogP contribution >= 0.6 is 0 Å². The van der Waals surface area contributed by atoms with Crippen molar-refractivity contribution in [1.82, 2.24) is 5.32 Å². The van der Waals surface area contributed by atoms with Crippen LogP contribution < -0.4 is 5.32 Å². The van der Waals surface area contributed by atoms with E-state index >= 15 is 0 Å². The van der Waals surface area contributed by atoms with Crippen LogP contribution in [0.5, 0.6) is 0 Å². The molecule has 4 atom stereocenters. The first-order valence-corrected chi connectivity index (χ1v) is 7.63. The van der Waals surface area contributed by atoms with Crippen molar-refractivity contribution in [3.63, 3.8) is 0 Å². The monoisotopic (exact) mass is 277 g/mol. The third-order valence-corrected chi connectivity index (χ3v) is 5.78. The molecule has 0 spiro atoms. The van der Waals surface area contributed by atoms with E-state index in [9.17, 15) is 14.7 Å². The molecule has 0 radical (unpaired) electrons. The van der Waals surface area contributed by atoms with Crippen molar-refractivity contribution < 1.29 is 14.7 Å². The summed E-state index contributed by atoms with van der Waals surface area (Å²) in [6.07, 6.45) is 7.17. The van der Waals surface area contributed by atoms with Crippen LogP contribution in [0, 0.1) is 35.0 Å². The van der Waals surface area contributed by atoms with Gasteiger partial charge in [0.25, 0.3) is 0 Å². The first-order valence-electron chi connectivity index (χ1n) is 7.63. The lowest BCUT2D eigenvalue weighted by Gasteiger charge is -2.26. The second-order valence-electron chi connectivity index (χ2n) is 7.07. The molecule has 110 valence electrons. The van der Waals surface area contributed by atoms with Gasteiger partial charge in [-0.1, -0.05) is 26.0 Å². The van der Waals surface area contributed by atoms with Crippen molar-refractivity contribution in [2.24, 2.45) is 35.0 Å². The minimum atomic E-state index is -0.827. The van der Waals surface area contributed by atoms with Crippen molar-refractivity contribution in [2.45, 2.75) is 33.1 Å². The van der Waals surface area contributed by atoms with Gasteiger partial charge in [0.15, 0.2) is 0 Å². The first-order chi connectivity index (χ1) is 9.44. The maximum Gasteiger partial charge on any atom is 0.307 e. The van der Waals surface area contributed by atoms with Crippen LogP contribution in [0.25, 0.3) is 0 Å². The maximum atomic E-state index is 12.4. The molecule has 0 saturated heterocycles. The van der Waals surface area contributed by atoms with Gasteiger partial charge in [-0.2, -0.15) is 0 Å². The summed E-state index contributed by atoms with van der Waals surface area (Å²) in [7, 11) is 0. The van der Waals surface area contributed by atoms with E-state index in [0.29, 0.717) is 12.5 Å². The van der Waals surface area contributed by atoms with Crippen LogP contribution in [-0.4, -0.2) is 23.5 Å². The van der Waals surface area contributed by atoms with Gasteiger partial charge in [0.2, 0.25) is 5.91 Å². The molecule has 1 amide bonds. The molecule has 3 aliphatic rings. The predicted molar refractivity (Wildman–Crippen MR) is 74.9 cm³/mol. The first kappa shape index (κ1) is 13.7. The number of carboxylic acid groups (broad SMARTS) is 1. The van der Waals surface area contributed by atoms with Crippen LogP contribution in [0.1, 0.15) is 33.1 Å². The lowest BCUT2D eigenvalue weighted by molar-refractivity contribution is -0.147. The molecule has 0 heterocycles. The molecule has 2 bridgehead atoms. The highest BCUT2D eigenvalue weighted by atomic mass is 16.4. The topological polar surface area (TPSA) is 66.4 Å². The Bertz CT molecular complexity index is 464. The quantitative estimate of drug-likeness (QED) is 0.756. The molecule has 2 unspecified atom stereocenters. The summed E-state index contributed by atoms with van der Waals surface area (Å²) in [5, 5.41) is 12.4. The lowest BCUT2D eigenvalue weighted by Crippen LogP contribution is -2.42. The van der Waals surface area contributed by atoms with Crippen LogP contribution in [0.15, 0.2) is 12.2 Å². The zero-order valence-corrected chi connectivity index (χ0v) is 12.1. The molecule has 2 N–H and O–H groups in total. The number of hydrogen-bond acceptors (Lipinski definition) is 2. The summed E-state index contributed by atoms with van der Waals surface area (Å²) in [4.78, 5) is 23.9. The van der Waals surface area contributed by atoms with Crippen molar-refractivity contribution in [1.29, 1.82) is 0 Å². The van der Waals surface area contributed by atoms with Gasteiger partial charge in [-0.05, 0) is 42.4 Å². The fourth-order valence-electron chi connectivity index (χ4n) is 4.02. The van der Waals surface area contributed by atoms with E-state index in [2.05, 4.69) is 19.2 Å². The van der Waals surface area contributed by atoms with Gasteiger partial charge < -0.3 is 10.4 Å². The number of fused-ring (bicyclic) bond motifs is 2. The second kappa shape index (κ2) is 4.61. The van der Waals surface area contributed by atoms with Crippen molar-refractivity contribution >= 4 is 11.9 Å². The molecular formula is C16H23NO3. The standard InChI is InChI=1S/C16H23NO3/c1-9(2)16(5-6-16)8-17-14(18)12-10-3-4-11(7-10)13(12)15(19)20/h3-4,9-13H,5-8H2,1-2H3,(H,17,18)(H,19,20)/t10?,11?,12-,13+/m0/s1. The average molecular weight is 277 g/mol. The summed E-state index contributed by atoms with van der Waals surface area (Å²) in [5.41, 5.74) is 0.266. The zero-order valence-electron chi connectivity index (χ0n) is 12.1. The minimum Gasteiger partial charge on any atom is -0.481 e. The minimum absolute atomic E-state index is 0.0493. The Morgan fingerprint density at radius 1 is 1.25 bits per heavy atom. The smallest absolute Gasteiger partial charge is 0.307 e. The Hall–Kier alpha value is -1.32. The van der Waals surface area contributed by atoms with Gasteiger partial charge in [0.1, 0.15) is 0 Å². The molecule has 3 rings (SSSR count). The second-order valence-corrected chi connectivity index (χ2v) is 7.07. The Kier molecular flexibility index (Phi) is 3.14. The van der Waals surface area contributed by atoms with E-state index in [0.717, 1.165) is 6.42 Å². The van der Waals surface area contributed by atoms with Crippen molar-refractivity contribution in [2.75, 3.05) is 6.54 Å². The number of nitrogens with one attached hydrogen (secondary N) is 1. The van der Waals surface area contributed by atoms with E-state index < -0.39 is 11.9 Å². The molecule has 4 nitrogen and oxygen atoms in total. The Morgan fingerprint density at radius 2 is 1.85 bits per heavy atom. The SMILES string of the molecule is CC(C)C1(CNC(=O)[C@H]2C3C=CC(C3)[C@H]2C(=O)O)CC1. The molecule has 2 saturated carbocycles. The molecule has 0 aromatic carbocycles. The number of allylic oxidation sites excluding steroid dienone is 2. The normalized spacial score (nSPS) is 36.4. The van der Waals surface area contributed by atoms with Gasteiger partial charge in [0.05, 0.1) is 11.8 Å². The van der Waals surface area contributed by atoms with Gasteiger partial charge in [-0.15, -0.1) is 0 Å². The molecular weight excluding hydrogens is 254 g/mol. The summed E-state index contributed by atoms with van der Waals surface area (Å²) >= 11 is 0. The maximum absolute atomic E-state index is 12.4. The van der Waals surface area contributed by atoms with E-state index in [4.69, 9.17) is 0 Å². The van der Waals surface area contributed by atoms with E-state index in [-0.39, 0.29) is 29.1 Å². The highest BCUT2D eigenvalue weighted by Gasteiger charge is 2.52. The Labute approximate surface area is 119 Å². The van der Waals surface area contributed by atoms with E-state index in [1.54, 1.807) is 0 Å². The number of carboxylic acids is 1. The number of hydrogen-bond donors (Lipinski definition) is 2. The highest BCUT2D eigenvalue weighted by molar-refractivity contribution is 5.86. The summed E-state index contributed by atoms with van der Waals surface area (Å²) in [6, 6.07) is 0. The summed E-state index contributed by atoms with van der Waals surface area (Å²) in [6.45, 7) is 5.09. The molecule has 0 aliphatic heterocycles. The number of rotatable bonds is 5. The zero-order chi connectivity index (χ0) is 14.5.